The van der Waals surface area contributed by atoms with Gasteiger partial charge in [0.1, 0.15) is 16.9 Å². The Bertz CT molecular complexity index is 1690. The van der Waals surface area contributed by atoms with Gasteiger partial charge in [0, 0.05) is 0 Å². The van der Waals surface area contributed by atoms with Crippen LogP contribution < -0.4 is 4.18 Å². The van der Waals surface area contributed by atoms with Crippen LogP contribution in [-0.2, 0) is 43.5 Å². The second-order valence-corrected chi connectivity index (χ2v) is 12.7. The van der Waals surface area contributed by atoms with Crippen LogP contribution in [0, 0.1) is 13.8 Å². The van der Waals surface area contributed by atoms with Gasteiger partial charge in [0.05, 0.1) is 14.2 Å². The van der Waals surface area contributed by atoms with Crippen LogP contribution in [0.25, 0.3) is 0 Å². The number of rotatable bonds is 6. The summed E-state index contributed by atoms with van der Waals surface area (Å²) in [6, 6.07) is 8.31. The summed E-state index contributed by atoms with van der Waals surface area (Å²) in [5.74, 6) is -2.30. The molecular weight excluding hydrogens is 727 g/mol. The van der Waals surface area contributed by atoms with E-state index in [4.69, 9.17) is 0 Å². The monoisotopic (exact) mass is 746 g/mol. The van der Waals surface area contributed by atoms with Crippen molar-refractivity contribution in [3.8, 4) is 11.5 Å². The van der Waals surface area contributed by atoms with Crippen LogP contribution in [0.15, 0.2) is 36.4 Å². The van der Waals surface area contributed by atoms with Crippen molar-refractivity contribution < 1.29 is 96.7 Å². The van der Waals surface area contributed by atoms with Crippen LogP contribution in [0.3, 0.4) is 0 Å². The highest BCUT2D eigenvalue weighted by Crippen LogP contribution is 2.32. The van der Waals surface area contributed by atoms with Gasteiger partial charge in [-0.25, -0.2) is 9.59 Å². The van der Waals surface area contributed by atoms with E-state index in [-0.39, 0.29) is 11.3 Å². The lowest BCUT2D eigenvalue weighted by molar-refractivity contribution is -0.0586. The van der Waals surface area contributed by atoms with Crippen molar-refractivity contribution in [1.29, 1.82) is 0 Å². The molecule has 0 aliphatic rings. The van der Waals surface area contributed by atoms with Gasteiger partial charge < -0.3 is 18.8 Å². The predicted octanol–water partition coefficient (Wildman–Crippen LogP) is 4.20. The molecule has 0 fully saturated rings. The summed E-state index contributed by atoms with van der Waals surface area (Å²) in [4.78, 5) is 22.3. The molecule has 0 heterocycles. The van der Waals surface area contributed by atoms with E-state index in [1.54, 1.807) is 6.07 Å². The Kier molecular flexibility index (Phi) is 13.9. The molecule has 0 aromatic heterocycles. The number of alkyl halides is 9. The fourth-order valence-electron chi connectivity index (χ4n) is 2.26. The summed E-state index contributed by atoms with van der Waals surface area (Å²) in [6.45, 7) is 3.33. The molecule has 2 aromatic carbocycles. The summed E-state index contributed by atoms with van der Waals surface area (Å²) in [5.41, 5.74) is -17.0. The summed E-state index contributed by atoms with van der Waals surface area (Å²) >= 11 is 0. The molecule has 25 heteroatoms. The summed E-state index contributed by atoms with van der Waals surface area (Å²) in [5, 5.41) is 9.29. The predicted molar refractivity (Wildman–Crippen MR) is 133 cm³/mol. The number of esters is 2. The molecule has 0 aliphatic heterocycles. The molecular formula is C21H19F9O13S3. The molecule has 262 valence electrons. The van der Waals surface area contributed by atoms with Gasteiger partial charge in [0.2, 0.25) is 0 Å². The molecule has 2 rings (SSSR count). The minimum atomic E-state index is -6.85. The first-order valence-electron chi connectivity index (χ1n) is 10.9. The third kappa shape index (κ3) is 11.8. The fourth-order valence-corrected chi connectivity index (χ4v) is 4.29. The molecule has 0 aliphatic carbocycles. The lowest BCUT2D eigenvalue weighted by Crippen LogP contribution is -2.34. The number of phenolic OH excluding ortho intramolecular Hbond substituents is 1. The number of halogens is 9. The first-order valence-corrected chi connectivity index (χ1v) is 15.1. The second kappa shape index (κ2) is 15.2. The number of ether oxygens (including phenoxy) is 2. The zero-order chi connectivity index (χ0) is 36.7. The molecule has 0 saturated carbocycles. The third-order valence-corrected chi connectivity index (χ3v) is 7.86. The zero-order valence-corrected chi connectivity index (χ0v) is 25.4. The quantitative estimate of drug-likeness (QED) is 0.192. The molecule has 46 heavy (non-hydrogen) atoms. The lowest BCUT2D eigenvalue weighted by Gasteiger charge is -2.12. The van der Waals surface area contributed by atoms with Crippen molar-refractivity contribution in [2.45, 2.75) is 30.4 Å². The molecule has 13 nitrogen and oxygen atoms in total. The average Bonchev–Trinajstić information content (AvgIpc) is 2.86. The van der Waals surface area contributed by atoms with Crippen molar-refractivity contribution in [2.75, 3.05) is 14.2 Å². The van der Waals surface area contributed by atoms with E-state index in [0.29, 0.717) is 5.56 Å². The molecule has 0 bridgehead atoms. The van der Waals surface area contributed by atoms with Crippen molar-refractivity contribution >= 4 is 42.3 Å². The highest BCUT2D eigenvalue weighted by molar-refractivity contribution is 8.00. The van der Waals surface area contributed by atoms with Crippen molar-refractivity contribution in [3.63, 3.8) is 0 Å². The topological polar surface area (TPSA) is 194 Å². The Morgan fingerprint density at radius 1 is 0.609 bits per heavy atom. The second-order valence-electron chi connectivity index (χ2n) is 7.85. The normalized spacial score (nSPS) is 12.5. The molecule has 0 saturated heterocycles. The van der Waals surface area contributed by atoms with Crippen LogP contribution in [0.5, 0.6) is 11.5 Å². The van der Waals surface area contributed by atoms with Crippen molar-refractivity contribution in [1.82, 2.24) is 0 Å². The number of carbonyl (C=O) groups excluding carboxylic acids is 2. The standard InChI is InChI=1S/C10H9F3O5S.C9H10O3.C2F6O5S2/c1-6-3-4-7(9(14)17-2)8(5-6)18-19(15,16)10(11,12)13;1-6-3-4-7(8(10)5-6)9(11)12-2;3-1(4,5)14(9,10)13-15(11,12)2(6,7)8/h3-5H,1-2H3;3-5,10H,1-2H3;. The Morgan fingerprint density at radius 3 is 1.30 bits per heavy atom. The molecule has 0 radical (unpaired) electrons. The highest BCUT2D eigenvalue weighted by Gasteiger charge is 2.57. The zero-order valence-electron chi connectivity index (χ0n) is 22.9. The van der Waals surface area contributed by atoms with Gasteiger partial charge in [-0.2, -0.15) is 64.8 Å². The minimum absolute atomic E-state index is 0.0400. The van der Waals surface area contributed by atoms with E-state index in [2.05, 4.69) is 13.7 Å². The number of aromatic hydroxyl groups is 1. The third-order valence-electron chi connectivity index (χ3n) is 4.33. The van der Waals surface area contributed by atoms with E-state index in [9.17, 15) is 79.5 Å². The molecule has 2 aromatic rings. The van der Waals surface area contributed by atoms with Crippen LogP contribution >= 0.6 is 0 Å². The maximum atomic E-state index is 12.2. The van der Waals surface area contributed by atoms with Gasteiger partial charge in [-0.1, -0.05) is 12.1 Å². The van der Waals surface area contributed by atoms with E-state index in [1.165, 1.54) is 32.2 Å². The van der Waals surface area contributed by atoms with Gasteiger partial charge in [-0.15, -0.1) is 3.63 Å². The molecule has 0 amide bonds. The van der Waals surface area contributed by atoms with Gasteiger partial charge in [-0.05, 0) is 49.2 Å². The van der Waals surface area contributed by atoms with Crippen LogP contribution in [0.2, 0.25) is 0 Å². The van der Waals surface area contributed by atoms with Crippen molar-refractivity contribution in [3.05, 3.63) is 58.7 Å². The molecule has 0 spiro atoms. The Balaban J connectivity index is 0.000000679. The maximum Gasteiger partial charge on any atom is 0.534 e. The number of hydrogen-bond acceptors (Lipinski definition) is 13. The first kappa shape index (κ1) is 42.2. The van der Waals surface area contributed by atoms with E-state index in [1.807, 2.05) is 10.6 Å². The maximum absolute atomic E-state index is 12.2. The average molecular weight is 747 g/mol. The fraction of sp³-hybridized carbons (Fsp3) is 0.333. The van der Waals surface area contributed by atoms with E-state index < -0.39 is 70.1 Å². The summed E-state index contributed by atoms with van der Waals surface area (Å²) in [6.07, 6.45) is 0. The molecule has 0 atom stereocenters. The summed E-state index contributed by atoms with van der Waals surface area (Å²) in [7, 11) is -17.2. The van der Waals surface area contributed by atoms with Crippen LogP contribution in [0.4, 0.5) is 39.5 Å². The van der Waals surface area contributed by atoms with Crippen molar-refractivity contribution in [2.24, 2.45) is 0 Å². The number of carbonyl (C=O) groups is 2. The highest BCUT2D eigenvalue weighted by atomic mass is 32.3. The first-order chi connectivity index (χ1) is 20.4. The number of hydrogen-bond donors (Lipinski definition) is 1. The number of methoxy groups -OCH3 is 2. The molecule has 0 unspecified atom stereocenters. The lowest BCUT2D eigenvalue weighted by atomic mass is 10.1. The SMILES string of the molecule is COC(=O)c1ccc(C)cc1O.COC(=O)c1ccc(C)cc1OS(=O)(=O)C(F)(F)F.O=S(=O)(OS(=O)(=O)C(F)(F)F)C(F)(F)F. The molecule has 1 N–H and O–H groups in total. The summed E-state index contributed by atoms with van der Waals surface area (Å²) < 4.78 is 181. The van der Waals surface area contributed by atoms with Gasteiger partial charge in [-0.3, -0.25) is 0 Å². The van der Waals surface area contributed by atoms with Gasteiger partial charge in [0.25, 0.3) is 0 Å². The number of aryl methyl sites for hydroxylation is 2. The minimum Gasteiger partial charge on any atom is -0.507 e. The van der Waals surface area contributed by atoms with E-state index >= 15 is 0 Å². The smallest absolute Gasteiger partial charge is 0.507 e. The van der Waals surface area contributed by atoms with Gasteiger partial charge in [0.15, 0.2) is 5.75 Å². The van der Waals surface area contributed by atoms with Crippen LogP contribution in [-0.4, -0.2) is 73.0 Å². The van der Waals surface area contributed by atoms with Crippen LogP contribution in [0.1, 0.15) is 31.8 Å². The van der Waals surface area contributed by atoms with E-state index in [0.717, 1.165) is 24.8 Å². The number of benzene rings is 2. The van der Waals surface area contributed by atoms with Gasteiger partial charge >= 0.3 is 58.8 Å². The number of phenols is 1. The Hall–Kier alpha value is -3.84. The Labute approximate surface area is 253 Å². The largest absolute Gasteiger partial charge is 0.534 e. The Morgan fingerprint density at radius 2 is 0.957 bits per heavy atom.